The van der Waals surface area contributed by atoms with Gasteiger partial charge in [0.1, 0.15) is 5.69 Å². The maximum absolute atomic E-state index is 13.6. The molecule has 8 rings (SSSR count). The maximum Gasteiger partial charge on any atom is 0.338 e. The second-order valence-corrected chi connectivity index (χ2v) is 20.0. The molecule has 0 radical (unpaired) electrons. The largest absolute Gasteiger partial charge is 0.478 e. The highest BCUT2D eigenvalue weighted by Gasteiger charge is 2.34. The Labute approximate surface area is 389 Å². The first-order valence-electron chi connectivity index (χ1n) is 21.6. The number of carboxylic acids is 1. The van der Waals surface area contributed by atoms with Gasteiger partial charge >= 0.3 is 5.97 Å². The Morgan fingerprint density at radius 2 is 1.55 bits per heavy atom. The van der Waals surface area contributed by atoms with Gasteiger partial charge in [0.05, 0.1) is 21.1 Å². The lowest BCUT2D eigenvalue weighted by Gasteiger charge is -2.37. The number of aromatic nitrogens is 1. The summed E-state index contributed by atoms with van der Waals surface area (Å²) in [5.41, 5.74) is 6.64. The minimum atomic E-state index is -4.16. The van der Waals surface area contributed by atoms with Gasteiger partial charge in [-0.3, -0.25) is 14.8 Å². The van der Waals surface area contributed by atoms with Crippen LogP contribution in [0.1, 0.15) is 41.4 Å². The van der Waals surface area contributed by atoms with Crippen LogP contribution in [0, 0.1) is 17.0 Å². The molecule has 16 heteroatoms. The number of piperazine rings is 1. The van der Waals surface area contributed by atoms with E-state index >= 15 is 0 Å². The summed E-state index contributed by atoms with van der Waals surface area (Å²) in [7, 11) is -0.214. The summed E-state index contributed by atoms with van der Waals surface area (Å²) in [6, 6.07) is 36.9. The summed E-state index contributed by atoms with van der Waals surface area (Å²) >= 11 is 7.92. The molecule has 65 heavy (non-hydrogen) atoms. The van der Waals surface area contributed by atoms with E-state index in [1.54, 1.807) is 23.9 Å². The summed E-state index contributed by atoms with van der Waals surface area (Å²) in [6.45, 7) is 5.49. The Morgan fingerprint density at radius 3 is 2.18 bits per heavy atom. The fourth-order valence-electron chi connectivity index (χ4n) is 8.46. The van der Waals surface area contributed by atoms with Crippen molar-refractivity contribution in [2.45, 2.75) is 48.1 Å². The Balaban J connectivity index is 0.933. The minimum Gasteiger partial charge on any atom is -0.478 e. The Bertz CT molecular complexity index is 2770. The number of sulfonamides is 1. The molecule has 1 aromatic heterocycles. The first-order valence-corrected chi connectivity index (χ1v) is 24.4. The van der Waals surface area contributed by atoms with Crippen LogP contribution < -0.4 is 19.8 Å². The zero-order chi connectivity index (χ0) is 45.8. The number of nitrogens with one attached hydrogen (secondary N) is 2. The molecular formula is C49H52ClN7O6S2. The number of rotatable bonds is 18. The molecule has 13 nitrogen and oxygen atoms in total. The Morgan fingerprint density at radius 1 is 0.877 bits per heavy atom. The van der Waals surface area contributed by atoms with Crippen molar-refractivity contribution in [1.29, 1.82) is 0 Å². The lowest BCUT2D eigenvalue weighted by Crippen LogP contribution is -2.46. The van der Waals surface area contributed by atoms with Gasteiger partial charge in [-0.2, -0.15) is 0 Å². The molecule has 2 aliphatic rings. The van der Waals surface area contributed by atoms with Gasteiger partial charge in [-0.15, -0.1) is 11.8 Å². The van der Waals surface area contributed by atoms with E-state index in [0.29, 0.717) is 53.8 Å². The highest BCUT2D eigenvalue weighted by Crippen LogP contribution is 2.47. The molecule has 0 bridgehead atoms. The van der Waals surface area contributed by atoms with Crippen LogP contribution in [0.5, 0.6) is 0 Å². The quantitative estimate of drug-likeness (QED) is 0.0429. The van der Waals surface area contributed by atoms with E-state index in [4.69, 9.17) is 11.6 Å². The van der Waals surface area contributed by atoms with Crippen LogP contribution in [0.4, 0.5) is 28.4 Å². The predicted octanol–water partition coefficient (Wildman–Crippen LogP) is 10.4. The molecule has 3 N–H and O–H groups in total. The number of benzene rings is 5. The van der Waals surface area contributed by atoms with Crippen molar-refractivity contribution in [3.63, 3.8) is 0 Å². The summed E-state index contributed by atoms with van der Waals surface area (Å²) in [5.74, 6) is -0.291. The number of anilines is 4. The molecule has 1 atom stereocenters. The van der Waals surface area contributed by atoms with Crippen LogP contribution in [0.2, 0.25) is 5.02 Å². The van der Waals surface area contributed by atoms with E-state index in [0.717, 1.165) is 70.7 Å². The molecule has 0 spiro atoms. The molecule has 0 unspecified atom stereocenters. The third kappa shape index (κ3) is 10.6. The topological polar surface area (TPSA) is 153 Å². The predicted molar refractivity (Wildman–Crippen MR) is 263 cm³/mol. The minimum absolute atomic E-state index is 0.113. The van der Waals surface area contributed by atoms with Crippen LogP contribution >= 0.6 is 23.4 Å². The van der Waals surface area contributed by atoms with Crippen LogP contribution in [0.15, 0.2) is 131 Å². The lowest BCUT2D eigenvalue weighted by atomic mass is 9.96. The average Bonchev–Trinajstić information content (AvgIpc) is 4.09. The SMILES string of the molecule is Cc1c(C(=O)O)c(-c2cccc(N3CCN(c4ccc(NS(=O)(=O)c5ccc(N[C@H](CCN(C)C)CSc6ccccc6)c([N+](=O)[O-])c5)cc4)CC3)c2)c(-c2ccc(Cl)cc2)n1C1CC1. The van der Waals surface area contributed by atoms with E-state index < -0.39 is 20.9 Å². The molecule has 2 heterocycles. The van der Waals surface area contributed by atoms with Gasteiger partial charge in [0, 0.05) is 88.3 Å². The molecule has 6 aromatic rings. The Kier molecular flexibility index (Phi) is 13.8. The Hall–Kier alpha value is -6.00. The number of thioether (sulfide) groups is 1. The number of hydrogen-bond donors (Lipinski definition) is 3. The molecule has 1 saturated carbocycles. The van der Waals surface area contributed by atoms with Crippen LogP contribution in [0.25, 0.3) is 22.4 Å². The first-order chi connectivity index (χ1) is 31.3. The molecule has 1 saturated heterocycles. The van der Waals surface area contributed by atoms with E-state index in [2.05, 4.69) is 41.4 Å². The van der Waals surface area contributed by atoms with Gasteiger partial charge in [0.25, 0.3) is 15.7 Å². The number of carboxylic acid groups (broad SMARTS) is 1. The fourth-order valence-corrected chi connectivity index (χ4v) is 10.7. The fraction of sp³-hybridized carbons (Fsp3) is 0.286. The number of aromatic carboxylic acids is 1. The van der Waals surface area contributed by atoms with Crippen molar-refractivity contribution in [3.05, 3.63) is 148 Å². The third-order valence-electron chi connectivity index (χ3n) is 11.9. The zero-order valence-electron chi connectivity index (χ0n) is 36.5. The third-order valence-corrected chi connectivity index (χ3v) is 14.7. The molecule has 1 aliphatic heterocycles. The van der Waals surface area contributed by atoms with Crippen molar-refractivity contribution in [2.24, 2.45) is 0 Å². The van der Waals surface area contributed by atoms with Gasteiger partial charge < -0.3 is 29.7 Å². The van der Waals surface area contributed by atoms with E-state index in [1.165, 1.54) is 12.1 Å². The highest BCUT2D eigenvalue weighted by atomic mass is 35.5. The van der Waals surface area contributed by atoms with Crippen LogP contribution in [-0.4, -0.2) is 92.5 Å². The molecule has 0 amide bonds. The van der Waals surface area contributed by atoms with Crippen LogP contribution in [-0.2, 0) is 10.0 Å². The molecule has 2 fully saturated rings. The van der Waals surface area contributed by atoms with E-state index in [9.17, 15) is 28.4 Å². The molecule has 338 valence electrons. The number of hydrogen-bond acceptors (Lipinski definition) is 10. The second-order valence-electron chi connectivity index (χ2n) is 16.8. The summed E-state index contributed by atoms with van der Waals surface area (Å²) in [4.78, 5) is 32.1. The molecular weight excluding hydrogens is 882 g/mol. The van der Waals surface area contributed by atoms with Gasteiger partial charge in [0.2, 0.25) is 0 Å². The monoisotopic (exact) mass is 933 g/mol. The normalized spacial score (nSPS) is 14.7. The van der Waals surface area contributed by atoms with E-state index in [1.807, 2.05) is 99.9 Å². The van der Waals surface area contributed by atoms with Crippen molar-refractivity contribution in [1.82, 2.24) is 9.47 Å². The van der Waals surface area contributed by atoms with Gasteiger partial charge in [-0.25, -0.2) is 13.2 Å². The standard InChI is InChI=1S/C49H52ClN7O6S2/c1-33-46(49(58)59)47(48(56(33)40-20-21-40)34-12-14-36(50)15-13-34)35-8-7-9-41(30-35)55-28-26-54(27-29-55)39-18-16-37(17-19-39)52-65(62,63)43-22-23-44(45(31-43)57(60)61)51-38(24-25-53(2)3)32-64-42-10-5-4-6-11-42/h4-19,22-23,30-31,38,40,51-52H,20-21,24-29,32H2,1-3H3,(H,58,59)/t38-/m1/s1. The van der Waals surface area contributed by atoms with Gasteiger partial charge in [-0.05, 0) is 131 Å². The second kappa shape index (κ2) is 19.6. The van der Waals surface area contributed by atoms with Crippen LogP contribution in [0.3, 0.4) is 0 Å². The number of halogens is 1. The number of nitrogens with zero attached hydrogens (tertiary/aromatic N) is 5. The van der Waals surface area contributed by atoms with Gasteiger partial charge in [-0.1, -0.05) is 54.1 Å². The lowest BCUT2D eigenvalue weighted by molar-refractivity contribution is -0.384. The zero-order valence-corrected chi connectivity index (χ0v) is 38.9. The van der Waals surface area contributed by atoms with Crippen molar-refractivity contribution in [2.75, 3.05) is 72.4 Å². The summed E-state index contributed by atoms with van der Waals surface area (Å²) in [5, 5.41) is 26.8. The van der Waals surface area contributed by atoms with Crippen molar-refractivity contribution < 1.29 is 23.2 Å². The first kappa shape index (κ1) is 45.6. The smallest absolute Gasteiger partial charge is 0.338 e. The summed E-state index contributed by atoms with van der Waals surface area (Å²) in [6.07, 6.45) is 2.74. The average molecular weight is 935 g/mol. The van der Waals surface area contributed by atoms with Crippen molar-refractivity contribution >= 4 is 67.8 Å². The number of nitro groups is 1. The maximum atomic E-state index is 13.6. The number of carbonyl (C=O) groups is 1. The number of nitro benzene ring substituents is 1. The van der Waals surface area contributed by atoms with Crippen molar-refractivity contribution in [3.8, 4) is 22.4 Å². The molecule has 5 aromatic carbocycles. The highest BCUT2D eigenvalue weighted by molar-refractivity contribution is 7.99. The van der Waals surface area contributed by atoms with E-state index in [-0.39, 0.29) is 28.4 Å². The molecule has 1 aliphatic carbocycles. The summed E-state index contributed by atoms with van der Waals surface area (Å²) < 4.78 is 32.0. The van der Waals surface area contributed by atoms with Gasteiger partial charge in [0.15, 0.2) is 0 Å².